The van der Waals surface area contributed by atoms with E-state index in [1.54, 1.807) is 43.3 Å². The SMILES string of the molecule is CCOc1cccc(N=NC(C(C)=O)C(=O)N(Cl)c2cccc(OCC)c2OCC)c1OCC. The standard InChI is InChI=1S/C24H30ClN3O6/c1-6-31-19-14-10-12-17(22(19)33-8-3)26-27-21(16(5)29)24(30)28(25)18-13-11-15-20(32-7-2)23(18)34-9-4/h10-15,21H,6-9H2,1-5H3. The van der Waals surface area contributed by atoms with Crippen molar-refractivity contribution in [1.82, 2.24) is 0 Å². The summed E-state index contributed by atoms with van der Waals surface area (Å²) >= 11 is 6.39. The molecule has 0 bridgehead atoms. The van der Waals surface area contributed by atoms with Crippen LogP contribution >= 0.6 is 11.8 Å². The number of nitrogens with zero attached hydrogens (tertiary/aromatic N) is 3. The Hall–Kier alpha value is -3.33. The van der Waals surface area contributed by atoms with Crippen molar-refractivity contribution in [2.75, 3.05) is 30.8 Å². The molecule has 0 spiro atoms. The number of amides is 1. The maximum atomic E-state index is 13.2. The van der Waals surface area contributed by atoms with Gasteiger partial charge in [0, 0.05) is 11.8 Å². The van der Waals surface area contributed by atoms with Gasteiger partial charge < -0.3 is 18.9 Å². The molecule has 2 rings (SSSR count). The van der Waals surface area contributed by atoms with Crippen molar-refractivity contribution in [3.05, 3.63) is 36.4 Å². The number of carbonyl (C=O) groups is 2. The van der Waals surface area contributed by atoms with Crippen LogP contribution in [0.5, 0.6) is 23.0 Å². The zero-order valence-electron chi connectivity index (χ0n) is 20.0. The van der Waals surface area contributed by atoms with E-state index in [4.69, 9.17) is 30.7 Å². The first-order valence-electron chi connectivity index (χ1n) is 11.1. The molecule has 0 N–H and O–H groups in total. The fourth-order valence-electron chi connectivity index (χ4n) is 3.01. The van der Waals surface area contributed by atoms with Crippen molar-refractivity contribution in [1.29, 1.82) is 0 Å². The molecule has 0 aromatic heterocycles. The number of Topliss-reactive ketones (excluding diaryl/α,β-unsaturated/α-hetero) is 1. The molecular formula is C24H30ClN3O6. The highest BCUT2D eigenvalue weighted by Crippen LogP contribution is 2.40. The first kappa shape index (κ1) is 26.9. The van der Waals surface area contributed by atoms with E-state index in [1.165, 1.54) is 6.92 Å². The Morgan fingerprint density at radius 3 is 1.94 bits per heavy atom. The fourth-order valence-corrected chi connectivity index (χ4v) is 3.24. The molecular weight excluding hydrogens is 462 g/mol. The first-order chi connectivity index (χ1) is 16.4. The van der Waals surface area contributed by atoms with Crippen molar-refractivity contribution in [2.24, 2.45) is 10.2 Å². The minimum absolute atomic E-state index is 0.231. The molecule has 0 saturated carbocycles. The molecule has 0 saturated heterocycles. The van der Waals surface area contributed by atoms with Crippen molar-refractivity contribution >= 4 is 34.8 Å². The number of anilines is 1. The zero-order chi connectivity index (χ0) is 25.1. The molecule has 0 aliphatic heterocycles. The average molecular weight is 492 g/mol. The van der Waals surface area contributed by atoms with E-state index < -0.39 is 17.7 Å². The second-order valence-corrected chi connectivity index (χ2v) is 7.13. The van der Waals surface area contributed by atoms with E-state index in [1.807, 2.05) is 20.8 Å². The smallest absolute Gasteiger partial charge is 0.276 e. The molecule has 1 unspecified atom stereocenters. The lowest BCUT2D eigenvalue weighted by molar-refractivity contribution is -0.126. The van der Waals surface area contributed by atoms with Crippen LogP contribution in [0, 0.1) is 0 Å². The molecule has 0 heterocycles. The quantitative estimate of drug-likeness (QED) is 0.208. The number of hydrogen-bond acceptors (Lipinski definition) is 8. The molecule has 1 amide bonds. The Labute approximate surface area is 204 Å². The molecule has 1 atom stereocenters. The number of rotatable bonds is 13. The van der Waals surface area contributed by atoms with Gasteiger partial charge in [-0.3, -0.25) is 9.59 Å². The van der Waals surface area contributed by atoms with Crippen LogP contribution < -0.4 is 23.4 Å². The van der Waals surface area contributed by atoms with E-state index in [2.05, 4.69) is 10.2 Å². The fraction of sp³-hybridized carbons (Fsp3) is 0.417. The van der Waals surface area contributed by atoms with E-state index in [-0.39, 0.29) is 11.4 Å². The summed E-state index contributed by atoms with van der Waals surface area (Å²) in [5.74, 6) is 0.257. The van der Waals surface area contributed by atoms with E-state index in [0.717, 1.165) is 4.42 Å². The van der Waals surface area contributed by atoms with Crippen LogP contribution in [0.15, 0.2) is 46.6 Å². The van der Waals surface area contributed by atoms with Crippen LogP contribution in [-0.4, -0.2) is 44.2 Å². The van der Waals surface area contributed by atoms with Crippen LogP contribution in [0.4, 0.5) is 11.4 Å². The first-order valence-corrected chi connectivity index (χ1v) is 11.4. The van der Waals surface area contributed by atoms with E-state index in [9.17, 15) is 9.59 Å². The third-order valence-corrected chi connectivity index (χ3v) is 4.75. The lowest BCUT2D eigenvalue weighted by atomic mass is 10.2. The van der Waals surface area contributed by atoms with Gasteiger partial charge >= 0.3 is 0 Å². The van der Waals surface area contributed by atoms with Crippen molar-refractivity contribution in [3.8, 4) is 23.0 Å². The maximum Gasteiger partial charge on any atom is 0.276 e. The van der Waals surface area contributed by atoms with E-state index in [0.29, 0.717) is 49.4 Å². The van der Waals surface area contributed by atoms with Gasteiger partial charge in [0.25, 0.3) is 5.91 Å². The van der Waals surface area contributed by atoms with Gasteiger partial charge in [0.1, 0.15) is 11.4 Å². The van der Waals surface area contributed by atoms with Crippen LogP contribution in [0.3, 0.4) is 0 Å². The zero-order valence-corrected chi connectivity index (χ0v) is 20.8. The Morgan fingerprint density at radius 2 is 1.38 bits per heavy atom. The number of benzene rings is 2. The number of halogens is 1. The molecule has 10 heteroatoms. The summed E-state index contributed by atoms with van der Waals surface area (Å²) in [5, 5.41) is 8.14. The minimum Gasteiger partial charge on any atom is -0.490 e. The van der Waals surface area contributed by atoms with Gasteiger partial charge in [0.15, 0.2) is 28.8 Å². The van der Waals surface area contributed by atoms with Crippen LogP contribution in [-0.2, 0) is 9.59 Å². The van der Waals surface area contributed by atoms with Gasteiger partial charge in [0.05, 0.1) is 26.4 Å². The summed E-state index contributed by atoms with van der Waals surface area (Å²) in [7, 11) is 0. The Kier molecular flexibility index (Phi) is 10.6. The summed E-state index contributed by atoms with van der Waals surface area (Å²) < 4.78 is 23.3. The molecule has 0 aliphatic carbocycles. The van der Waals surface area contributed by atoms with E-state index >= 15 is 0 Å². The molecule has 0 fully saturated rings. The number of ketones is 1. The predicted molar refractivity (Wildman–Crippen MR) is 130 cm³/mol. The molecule has 2 aromatic carbocycles. The highest BCUT2D eigenvalue weighted by atomic mass is 35.5. The summed E-state index contributed by atoms with van der Waals surface area (Å²) in [6, 6.07) is 8.59. The molecule has 34 heavy (non-hydrogen) atoms. The third kappa shape index (κ3) is 6.60. The second kappa shape index (κ2) is 13.4. The number of azo groups is 1. The largest absolute Gasteiger partial charge is 0.490 e. The van der Waals surface area contributed by atoms with Gasteiger partial charge in [-0.2, -0.15) is 10.2 Å². The Balaban J connectivity index is 2.41. The Morgan fingerprint density at radius 1 is 0.853 bits per heavy atom. The van der Waals surface area contributed by atoms with Gasteiger partial charge in [-0.25, -0.2) is 4.42 Å². The maximum absolute atomic E-state index is 13.2. The molecule has 2 aromatic rings. The lowest BCUT2D eigenvalue weighted by Crippen LogP contribution is -2.36. The predicted octanol–water partition coefficient (Wildman–Crippen LogP) is 5.51. The number of carbonyl (C=O) groups excluding carboxylic acids is 2. The molecule has 184 valence electrons. The van der Waals surface area contributed by atoms with Crippen LogP contribution in [0.2, 0.25) is 0 Å². The van der Waals surface area contributed by atoms with Crippen molar-refractivity contribution in [2.45, 2.75) is 40.7 Å². The summed E-state index contributed by atoms with van der Waals surface area (Å²) in [6.45, 7) is 10.1. The second-order valence-electron chi connectivity index (χ2n) is 6.79. The third-order valence-electron chi connectivity index (χ3n) is 4.40. The number of hydrogen-bond donors (Lipinski definition) is 0. The lowest BCUT2D eigenvalue weighted by Gasteiger charge is -2.21. The normalized spacial score (nSPS) is 11.7. The van der Waals surface area contributed by atoms with Gasteiger partial charge in [0.2, 0.25) is 6.04 Å². The summed E-state index contributed by atoms with van der Waals surface area (Å²) in [6.07, 6.45) is 0. The minimum atomic E-state index is -1.48. The topological polar surface area (TPSA) is 99.0 Å². The van der Waals surface area contributed by atoms with Crippen LogP contribution in [0.25, 0.3) is 0 Å². The van der Waals surface area contributed by atoms with Gasteiger partial charge in [-0.1, -0.05) is 12.1 Å². The highest BCUT2D eigenvalue weighted by Gasteiger charge is 2.31. The highest BCUT2D eigenvalue weighted by molar-refractivity contribution is 6.39. The molecule has 0 aliphatic rings. The molecule has 9 nitrogen and oxygen atoms in total. The number of ether oxygens (including phenoxy) is 4. The monoisotopic (exact) mass is 491 g/mol. The van der Waals surface area contributed by atoms with Crippen molar-refractivity contribution < 1.29 is 28.5 Å². The van der Waals surface area contributed by atoms with Crippen LogP contribution in [0.1, 0.15) is 34.6 Å². The van der Waals surface area contributed by atoms with Gasteiger partial charge in [-0.15, -0.1) is 0 Å². The summed E-state index contributed by atoms with van der Waals surface area (Å²) in [4.78, 5) is 25.5. The summed E-state index contributed by atoms with van der Waals surface area (Å²) in [5.41, 5.74) is 0.551. The van der Waals surface area contributed by atoms with Gasteiger partial charge in [-0.05, 0) is 58.9 Å². The Bertz CT molecular complexity index is 1010. The average Bonchev–Trinajstić information content (AvgIpc) is 2.81. The number of para-hydroxylation sites is 2. The molecule has 0 radical (unpaired) electrons. The van der Waals surface area contributed by atoms with Crippen molar-refractivity contribution in [3.63, 3.8) is 0 Å².